The number of aromatic nitrogens is 2. The van der Waals surface area contributed by atoms with Crippen LogP contribution in [-0.4, -0.2) is 28.1 Å². The van der Waals surface area contributed by atoms with Crippen LogP contribution in [0.1, 0.15) is 46.2 Å². The average Bonchev–Trinajstić information content (AvgIpc) is 3.03. The highest BCUT2D eigenvalue weighted by molar-refractivity contribution is 6.62. The summed E-state index contributed by atoms with van der Waals surface area (Å²) in [5.41, 5.74) is 1.53. The molecule has 0 radical (unpaired) electrons. The second kappa shape index (κ2) is 5.25. The Bertz CT molecular complexity index is 636. The van der Waals surface area contributed by atoms with Crippen LogP contribution < -0.4 is 5.46 Å². The van der Waals surface area contributed by atoms with Crippen LogP contribution in [0.15, 0.2) is 42.7 Å². The molecule has 1 aliphatic heterocycles. The van der Waals surface area contributed by atoms with Crippen LogP contribution in [0.2, 0.25) is 0 Å². The standard InChI is InChI=1S/C17H23BN2O2/c1-13(14-9-7-6-8-10-14)20-12-15(11-19-20)18-21-16(2,3)17(4,5)22-18/h6-13H,1-5H3. The predicted molar refractivity (Wildman–Crippen MR) is 88.2 cm³/mol. The van der Waals surface area contributed by atoms with Crippen LogP contribution in [0.4, 0.5) is 0 Å². The lowest BCUT2D eigenvalue weighted by molar-refractivity contribution is 0.00578. The normalized spacial score (nSPS) is 21.0. The number of benzene rings is 1. The van der Waals surface area contributed by atoms with E-state index in [9.17, 15) is 0 Å². The quantitative estimate of drug-likeness (QED) is 0.818. The van der Waals surface area contributed by atoms with Gasteiger partial charge in [0.15, 0.2) is 0 Å². The maximum Gasteiger partial charge on any atom is 0.498 e. The first kappa shape index (κ1) is 15.3. The van der Waals surface area contributed by atoms with E-state index in [4.69, 9.17) is 9.31 Å². The van der Waals surface area contributed by atoms with E-state index in [1.807, 2.05) is 35.3 Å². The van der Waals surface area contributed by atoms with Gasteiger partial charge in [-0.25, -0.2) is 0 Å². The molecule has 2 heterocycles. The molecule has 0 N–H and O–H groups in total. The Balaban J connectivity index is 1.81. The molecule has 0 bridgehead atoms. The first-order valence-electron chi connectivity index (χ1n) is 7.75. The van der Waals surface area contributed by atoms with E-state index in [0.29, 0.717) is 0 Å². The molecule has 4 nitrogen and oxygen atoms in total. The zero-order chi connectivity index (χ0) is 16.0. The molecule has 0 spiro atoms. The molecule has 1 aliphatic rings. The summed E-state index contributed by atoms with van der Waals surface area (Å²) in [7, 11) is -0.360. The molecule has 1 unspecified atom stereocenters. The summed E-state index contributed by atoms with van der Waals surface area (Å²) in [5.74, 6) is 0. The van der Waals surface area contributed by atoms with Gasteiger partial charge in [0.05, 0.1) is 17.2 Å². The summed E-state index contributed by atoms with van der Waals surface area (Å²) in [4.78, 5) is 0. The Morgan fingerprint density at radius 3 is 2.23 bits per heavy atom. The van der Waals surface area contributed by atoms with Crippen molar-refractivity contribution in [3.63, 3.8) is 0 Å². The van der Waals surface area contributed by atoms with Gasteiger partial charge in [0.1, 0.15) is 0 Å². The van der Waals surface area contributed by atoms with E-state index >= 15 is 0 Å². The van der Waals surface area contributed by atoms with E-state index < -0.39 is 0 Å². The second-order valence-electron chi connectivity index (χ2n) is 6.93. The summed E-state index contributed by atoms with van der Waals surface area (Å²) in [6.07, 6.45) is 3.85. The van der Waals surface area contributed by atoms with Crippen LogP contribution in [0.25, 0.3) is 0 Å². The van der Waals surface area contributed by atoms with Gasteiger partial charge < -0.3 is 9.31 Å². The number of rotatable bonds is 3. The lowest BCUT2D eigenvalue weighted by atomic mass is 9.82. The largest absolute Gasteiger partial charge is 0.498 e. The highest BCUT2D eigenvalue weighted by Crippen LogP contribution is 2.36. The van der Waals surface area contributed by atoms with Crippen LogP contribution >= 0.6 is 0 Å². The highest BCUT2D eigenvalue weighted by atomic mass is 16.7. The molecule has 116 valence electrons. The molecule has 1 atom stereocenters. The molecule has 1 aromatic carbocycles. The minimum atomic E-state index is -0.360. The van der Waals surface area contributed by atoms with E-state index in [2.05, 4.69) is 51.9 Å². The third-order valence-electron chi connectivity index (χ3n) is 4.83. The first-order valence-corrected chi connectivity index (χ1v) is 7.75. The minimum absolute atomic E-state index is 0.178. The van der Waals surface area contributed by atoms with Crippen LogP contribution in [0.5, 0.6) is 0 Å². The van der Waals surface area contributed by atoms with E-state index in [1.54, 1.807) is 0 Å². The van der Waals surface area contributed by atoms with Crippen LogP contribution in [0, 0.1) is 0 Å². The Morgan fingerprint density at radius 2 is 1.64 bits per heavy atom. The summed E-state index contributed by atoms with van der Waals surface area (Å²) >= 11 is 0. The van der Waals surface area contributed by atoms with Crippen molar-refractivity contribution in [3.8, 4) is 0 Å². The fourth-order valence-corrected chi connectivity index (χ4v) is 2.55. The van der Waals surface area contributed by atoms with Crippen molar-refractivity contribution in [2.24, 2.45) is 0 Å². The number of hydrogen-bond acceptors (Lipinski definition) is 3. The zero-order valence-corrected chi connectivity index (χ0v) is 13.9. The van der Waals surface area contributed by atoms with Crippen molar-refractivity contribution in [2.75, 3.05) is 0 Å². The molecule has 22 heavy (non-hydrogen) atoms. The van der Waals surface area contributed by atoms with E-state index in [-0.39, 0.29) is 24.4 Å². The molecule has 0 saturated carbocycles. The third-order valence-corrected chi connectivity index (χ3v) is 4.83. The van der Waals surface area contributed by atoms with Gasteiger partial charge in [0.2, 0.25) is 0 Å². The van der Waals surface area contributed by atoms with Gasteiger partial charge in [-0.05, 0) is 40.2 Å². The predicted octanol–water partition coefficient (Wildman–Crippen LogP) is 2.79. The van der Waals surface area contributed by atoms with Crippen LogP contribution in [0.3, 0.4) is 0 Å². The molecular weight excluding hydrogens is 275 g/mol. The van der Waals surface area contributed by atoms with Gasteiger partial charge >= 0.3 is 7.12 Å². The molecule has 1 saturated heterocycles. The van der Waals surface area contributed by atoms with Gasteiger partial charge in [-0.15, -0.1) is 0 Å². The second-order valence-corrected chi connectivity index (χ2v) is 6.93. The summed E-state index contributed by atoms with van der Waals surface area (Å²) in [5, 5.41) is 4.49. The first-order chi connectivity index (χ1) is 10.3. The smallest absolute Gasteiger partial charge is 0.399 e. The summed E-state index contributed by atoms with van der Waals surface area (Å²) < 4.78 is 14.1. The molecule has 5 heteroatoms. The maximum atomic E-state index is 6.07. The van der Waals surface area contributed by atoms with Crippen molar-refractivity contribution >= 4 is 12.6 Å². The Morgan fingerprint density at radius 1 is 1.05 bits per heavy atom. The Labute approximate surface area is 132 Å². The van der Waals surface area contributed by atoms with Crippen molar-refractivity contribution in [1.29, 1.82) is 0 Å². The lowest BCUT2D eigenvalue weighted by Crippen LogP contribution is -2.41. The van der Waals surface area contributed by atoms with Gasteiger partial charge in [0, 0.05) is 17.9 Å². The molecule has 0 aliphatic carbocycles. The monoisotopic (exact) mass is 298 g/mol. The molecule has 2 aromatic rings. The molecule has 0 amide bonds. The maximum absolute atomic E-state index is 6.07. The van der Waals surface area contributed by atoms with Crippen molar-refractivity contribution < 1.29 is 9.31 Å². The minimum Gasteiger partial charge on any atom is -0.399 e. The SMILES string of the molecule is CC(c1ccccc1)n1cc(B2OC(C)(C)C(C)(C)O2)cn1. The van der Waals surface area contributed by atoms with Crippen molar-refractivity contribution in [1.82, 2.24) is 9.78 Å². The third kappa shape index (κ3) is 2.59. The average molecular weight is 298 g/mol. The van der Waals surface area contributed by atoms with Crippen molar-refractivity contribution in [3.05, 3.63) is 48.3 Å². The molecule has 1 fully saturated rings. The molecular formula is C17H23BN2O2. The molecule has 1 aromatic heterocycles. The summed E-state index contributed by atoms with van der Waals surface area (Å²) in [6.45, 7) is 10.4. The van der Waals surface area contributed by atoms with Gasteiger partial charge in [-0.2, -0.15) is 5.10 Å². The highest BCUT2D eigenvalue weighted by Gasteiger charge is 2.52. The van der Waals surface area contributed by atoms with Crippen LogP contribution in [-0.2, 0) is 9.31 Å². The van der Waals surface area contributed by atoms with E-state index in [0.717, 1.165) is 5.46 Å². The Kier molecular flexibility index (Phi) is 3.65. The van der Waals surface area contributed by atoms with Gasteiger partial charge in [-0.3, -0.25) is 4.68 Å². The number of nitrogens with zero attached hydrogens (tertiary/aromatic N) is 2. The van der Waals surface area contributed by atoms with Gasteiger partial charge in [0.25, 0.3) is 0 Å². The zero-order valence-electron chi connectivity index (χ0n) is 13.9. The summed E-state index contributed by atoms with van der Waals surface area (Å²) in [6, 6.07) is 10.5. The number of hydrogen-bond donors (Lipinski definition) is 0. The fourth-order valence-electron chi connectivity index (χ4n) is 2.55. The fraction of sp³-hybridized carbons (Fsp3) is 0.471. The Hall–Kier alpha value is -1.59. The van der Waals surface area contributed by atoms with Crippen molar-refractivity contribution in [2.45, 2.75) is 51.9 Å². The van der Waals surface area contributed by atoms with E-state index in [1.165, 1.54) is 5.56 Å². The molecule has 3 rings (SSSR count). The lowest BCUT2D eigenvalue weighted by Gasteiger charge is -2.32. The van der Waals surface area contributed by atoms with Gasteiger partial charge in [-0.1, -0.05) is 30.3 Å². The topological polar surface area (TPSA) is 36.3 Å².